The fourth-order valence-corrected chi connectivity index (χ4v) is 4.55. The molecular formula is C30H32N4O3. The van der Waals surface area contributed by atoms with E-state index in [-0.39, 0.29) is 5.91 Å². The standard InChI is InChI=1S/C30H32N4O3/c1-36-26-12-14-27(15-13-26)37-21-20-32-16-18-33(19-17-32)30(35)28-23-34(22-24-8-4-2-5-9-24)31-29(28)25-10-6-3-7-11-25/h2-15,23H,16-22H2,1H3. The van der Waals surface area contributed by atoms with Crippen LogP contribution in [0, 0.1) is 0 Å². The molecule has 4 aromatic rings. The molecule has 5 rings (SSSR count). The minimum atomic E-state index is 0.0345. The third-order valence-corrected chi connectivity index (χ3v) is 6.62. The second-order valence-electron chi connectivity index (χ2n) is 9.10. The van der Waals surface area contributed by atoms with Crippen molar-refractivity contribution in [3.8, 4) is 22.8 Å². The maximum Gasteiger partial charge on any atom is 0.257 e. The van der Waals surface area contributed by atoms with E-state index < -0.39 is 0 Å². The van der Waals surface area contributed by atoms with Crippen LogP contribution in [0.15, 0.2) is 91.1 Å². The van der Waals surface area contributed by atoms with E-state index in [2.05, 4.69) is 17.0 Å². The maximum absolute atomic E-state index is 13.6. The molecule has 0 atom stereocenters. The molecule has 1 saturated heterocycles. The summed E-state index contributed by atoms with van der Waals surface area (Å²) in [7, 11) is 1.65. The fraction of sp³-hybridized carbons (Fsp3) is 0.267. The van der Waals surface area contributed by atoms with Crippen LogP contribution in [0.2, 0.25) is 0 Å². The highest BCUT2D eigenvalue weighted by Gasteiger charge is 2.26. The molecule has 1 amide bonds. The minimum absolute atomic E-state index is 0.0345. The highest BCUT2D eigenvalue weighted by atomic mass is 16.5. The summed E-state index contributed by atoms with van der Waals surface area (Å²) in [6.45, 7) is 5.03. The van der Waals surface area contributed by atoms with E-state index in [1.54, 1.807) is 7.11 Å². The van der Waals surface area contributed by atoms with Crippen molar-refractivity contribution in [2.45, 2.75) is 6.54 Å². The Morgan fingerprint density at radius 3 is 2.16 bits per heavy atom. The lowest BCUT2D eigenvalue weighted by Gasteiger charge is -2.34. The van der Waals surface area contributed by atoms with Crippen molar-refractivity contribution in [2.75, 3.05) is 46.4 Å². The van der Waals surface area contributed by atoms with Crippen molar-refractivity contribution in [1.82, 2.24) is 19.6 Å². The Morgan fingerprint density at radius 2 is 1.49 bits per heavy atom. The van der Waals surface area contributed by atoms with E-state index in [1.807, 2.05) is 88.6 Å². The first kappa shape index (κ1) is 24.6. The molecule has 0 unspecified atom stereocenters. The first-order valence-corrected chi connectivity index (χ1v) is 12.6. The Morgan fingerprint density at radius 1 is 0.838 bits per heavy atom. The molecule has 0 aliphatic carbocycles. The Bertz CT molecular complexity index is 1280. The lowest BCUT2D eigenvalue weighted by molar-refractivity contribution is 0.0621. The summed E-state index contributed by atoms with van der Waals surface area (Å²) in [4.78, 5) is 17.9. The van der Waals surface area contributed by atoms with Gasteiger partial charge >= 0.3 is 0 Å². The Hall–Kier alpha value is -4.10. The van der Waals surface area contributed by atoms with Crippen LogP contribution >= 0.6 is 0 Å². The molecule has 0 spiro atoms. The topological polar surface area (TPSA) is 59.8 Å². The number of carbonyl (C=O) groups is 1. The van der Waals surface area contributed by atoms with Gasteiger partial charge in [0, 0.05) is 44.5 Å². The lowest BCUT2D eigenvalue weighted by atomic mass is 10.1. The smallest absolute Gasteiger partial charge is 0.257 e. The number of amides is 1. The molecule has 7 nitrogen and oxygen atoms in total. The van der Waals surface area contributed by atoms with Gasteiger partial charge in [0.05, 0.1) is 19.2 Å². The van der Waals surface area contributed by atoms with Crippen molar-refractivity contribution in [3.05, 3.63) is 102 Å². The normalized spacial score (nSPS) is 13.9. The van der Waals surface area contributed by atoms with E-state index in [1.165, 1.54) is 0 Å². The molecule has 1 aliphatic heterocycles. The van der Waals surface area contributed by atoms with Crippen LogP contribution in [0.5, 0.6) is 11.5 Å². The van der Waals surface area contributed by atoms with Gasteiger partial charge in [-0.1, -0.05) is 60.7 Å². The summed E-state index contributed by atoms with van der Waals surface area (Å²) >= 11 is 0. The summed E-state index contributed by atoms with van der Waals surface area (Å²) < 4.78 is 12.9. The van der Waals surface area contributed by atoms with Crippen molar-refractivity contribution in [3.63, 3.8) is 0 Å². The number of hydrogen-bond donors (Lipinski definition) is 0. The molecular weight excluding hydrogens is 464 g/mol. The molecule has 3 aromatic carbocycles. The number of piperazine rings is 1. The largest absolute Gasteiger partial charge is 0.497 e. The zero-order valence-electron chi connectivity index (χ0n) is 21.1. The van der Waals surface area contributed by atoms with Crippen molar-refractivity contribution >= 4 is 5.91 Å². The zero-order valence-corrected chi connectivity index (χ0v) is 21.1. The van der Waals surface area contributed by atoms with Crippen LogP contribution in [0.3, 0.4) is 0 Å². The van der Waals surface area contributed by atoms with E-state index >= 15 is 0 Å². The SMILES string of the molecule is COc1ccc(OCCN2CCN(C(=O)c3cn(Cc4ccccc4)nc3-c3ccccc3)CC2)cc1. The number of benzene rings is 3. The van der Waals surface area contributed by atoms with Gasteiger partial charge < -0.3 is 14.4 Å². The first-order valence-electron chi connectivity index (χ1n) is 12.6. The van der Waals surface area contributed by atoms with Crippen LogP contribution in [0.25, 0.3) is 11.3 Å². The van der Waals surface area contributed by atoms with E-state index in [4.69, 9.17) is 14.6 Å². The molecule has 7 heteroatoms. The van der Waals surface area contributed by atoms with Crippen molar-refractivity contribution in [1.29, 1.82) is 0 Å². The Labute approximate surface area is 217 Å². The number of methoxy groups -OCH3 is 1. The number of ether oxygens (including phenoxy) is 2. The number of hydrogen-bond acceptors (Lipinski definition) is 5. The minimum Gasteiger partial charge on any atom is -0.497 e. The second-order valence-corrected chi connectivity index (χ2v) is 9.10. The van der Waals surface area contributed by atoms with Crippen LogP contribution in [-0.2, 0) is 6.54 Å². The molecule has 1 aliphatic rings. The van der Waals surface area contributed by atoms with Gasteiger partial charge in [0.1, 0.15) is 23.8 Å². The molecule has 1 aromatic heterocycles. The fourth-order valence-electron chi connectivity index (χ4n) is 4.55. The molecule has 0 saturated carbocycles. The van der Waals surface area contributed by atoms with Gasteiger partial charge in [-0.15, -0.1) is 0 Å². The summed E-state index contributed by atoms with van der Waals surface area (Å²) in [6, 6.07) is 27.7. The van der Waals surface area contributed by atoms with Crippen LogP contribution in [0.1, 0.15) is 15.9 Å². The molecule has 2 heterocycles. The van der Waals surface area contributed by atoms with Gasteiger partial charge in [-0.2, -0.15) is 5.10 Å². The lowest BCUT2D eigenvalue weighted by Crippen LogP contribution is -2.49. The highest BCUT2D eigenvalue weighted by molar-refractivity contribution is 5.99. The van der Waals surface area contributed by atoms with E-state index in [0.717, 1.165) is 48.0 Å². The monoisotopic (exact) mass is 496 g/mol. The third kappa shape index (κ3) is 6.19. The molecule has 0 radical (unpaired) electrons. The number of nitrogens with zero attached hydrogens (tertiary/aromatic N) is 4. The highest BCUT2D eigenvalue weighted by Crippen LogP contribution is 2.24. The predicted molar refractivity (Wildman–Crippen MR) is 144 cm³/mol. The third-order valence-electron chi connectivity index (χ3n) is 6.62. The average Bonchev–Trinajstić information content (AvgIpc) is 3.38. The average molecular weight is 497 g/mol. The molecule has 190 valence electrons. The van der Waals surface area contributed by atoms with Gasteiger partial charge in [0.15, 0.2) is 0 Å². The number of rotatable bonds is 9. The van der Waals surface area contributed by atoms with E-state index in [9.17, 15) is 4.79 Å². The molecule has 0 N–H and O–H groups in total. The summed E-state index contributed by atoms with van der Waals surface area (Å²) in [5, 5.41) is 4.82. The van der Waals surface area contributed by atoms with Crippen molar-refractivity contribution in [2.24, 2.45) is 0 Å². The van der Waals surface area contributed by atoms with Crippen LogP contribution < -0.4 is 9.47 Å². The summed E-state index contributed by atoms with van der Waals surface area (Å²) in [5.41, 5.74) is 3.48. The van der Waals surface area contributed by atoms with Gasteiger partial charge in [0.2, 0.25) is 0 Å². The second kappa shape index (κ2) is 11.8. The quantitative estimate of drug-likeness (QED) is 0.343. The van der Waals surface area contributed by atoms with Crippen molar-refractivity contribution < 1.29 is 14.3 Å². The summed E-state index contributed by atoms with van der Waals surface area (Å²) in [5.74, 6) is 1.68. The van der Waals surface area contributed by atoms with E-state index in [0.29, 0.717) is 31.8 Å². The Balaban J connectivity index is 1.21. The van der Waals surface area contributed by atoms with Gasteiger partial charge in [0.25, 0.3) is 5.91 Å². The van der Waals surface area contributed by atoms with Crippen LogP contribution in [0.4, 0.5) is 0 Å². The molecule has 37 heavy (non-hydrogen) atoms. The molecule has 1 fully saturated rings. The maximum atomic E-state index is 13.6. The zero-order chi connectivity index (χ0) is 25.5. The van der Waals surface area contributed by atoms with Crippen LogP contribution in [-0.4, -0.2) is 71.9 Å². The number of aromatic nitrogens is 2. The number of carbonyl (C=O) groups excluding carboxylic acids is 1. The first-order chi connectivity index (χ1) is 18.2. The Kier molecular flexibility index (Phi) is 7.81. The molecule has 0 bridgehead atoms. The van der Waals surface area contributed by atoms with Gasteiger partial charge in [-0.05, 0) is 29.8 Å². The predicted octanol–water partition coefficient (Wildman–Crippen LogP) is 4.44. The summed E-state index contributed by atoms with van der Waals surface area (Å²) in [6.07, 6.45) is 1.90. The van der Waals surface area contributed by atoms with Gasteiger partial charge in [-0.3, -0.25) is 14.4 Å². The van der Waals surface area contributed by atoms with Gasteiger partial charge in [-0.25, -0.2) is 0 Å².